The quantitative estimate of drug-likeness (QED) is 0.704. The van der Waals surface area contributed by atoms with Crippen molar-refractivity contribution in [3.63, 3.8) is 0 Å². The Morgan fingerprint density at radius 3 is 2.60 bits per heavy atom. The molecule has 1 aliphatic carbocycles. The highest BCUT2D eigenvalue weighted by Gasteiger charge is 2.37. The summed E-state index contributed by atoms with van der Waals surface area (Å²) < 4.78 is 21.4. The SMILES string of the molecule is CC1=C(CS(=O)[O-])C(C)(C)CC(O)C1=O. The van der Waals surface area contributed by atoms with Gasteiger partial charge in [0.25, 0.3) is 0 Å². The molecule has 0 amide bonds. The van der Waals surface area contributed by atoms with E-state index in [1.54, 1.807) is 6.92 Å². The lowest BCUT2D eigenvalue weighted by atomic mass is 9.72. The summed E-state index contributed by atoms with van der Waals surface area (Å²) in [6.45, 7) is 5.26. The summed E-state index contributed by atoms with van der Waals surface area (Å²) in [4.78, 5) is 11.5. The topological polar surface area (TPSA) is 77.4 Å². The molecule has 86 valence electrons. The van der Waals surface area contributed by atoms with Gasteiger partial charge in [0.1, 0.15) is 6.10 Å². The molecule has 4 nitrogen and oxygen atoms in total. The molecule has 5 heteroatoms. The lowest BCUT2D eigenvalue weighted by molar-refractivity contribution is -0.125. The van der Waals surface area contributed by atoms with E-state index in [9.17, 15) is 18.7 Å². The second kappa shape index (κ2) is 4.15. The average Bonchev–Trinajstić information content (AvgIpc) is 2.08. The predicted molar refractivity (Wildman–Crippen MR) is 55.9 cm³/mol. The largest absolute Gasteiger partial charge is 0.772 e. The van der Waals surface area contributed by atoms with Gasteiger partial charge in [-0.2, -0.15) is 0 Å². The average molecular weight is 231 g/mol. The van der Waals surface area contributed by atoms with Gasteiger partial charge >= 0.3 is 0 Å². The summed E-state index contributed by atoms with van der Waals surface area (Å²) in [5.74, 6) is -0.480. The van der Waals surface area contributed by atoms with Crippen LogP contribution in [0, 0.1) is 5.41 Å². The second-order valence-electron chi connectivity index (χ2n) is 4.52. The number of ketones is 1. The fourth-order valence-corrected chi connectivity index (χ4v) is 2.87. The van der Waals surface area contributed by atoms with Crippen LogP contribution < -0.4 is 0 Å². The van der Waals surface area contributed by atoms with E-state index < -0.39 is 22.6 Å². The van der Waals surface area contributed by atoms with E-state index in [4.69, 9.17) is 0 Å². The van der Waals surface area contributed by atoms with Crippen molar-refractivity contribution in [2.75, 3.05) is 5.75 Å². The molecule has 1 rings (SSSR count). The van der Waals surface area contributed by atoms with Gasteiger partial charge in [0, 0.05) is 5.75 Å². The minimum absolute atomic E-state index is 0.128. The minimum Gasteiger partial charge on any atom is -0.772 e. The summed E-state index contributed by atoms with van der Waals surface area (Å²) in [5, 5.41) is 9.50. The fourth-order valence-electron chi connectivity index (χ4n) is 2.03. The number of carbonyl (C=O) groups is 1. The van der Waals surface area contributed by atoms with Crippen molar-refractivity contribution in [3.05, 3.63) is 11.1 Å². The number of aliphatic hydroxyl groups is 1. The van der Waals surface area contributed by atoms with Crippen LogP contribution in [0.1, 0.15) is 27.2 Å². The van der Waals surface area contributed by atoms with Gasteiger partial charge in [-0.15, -0.1) is 0 Å². The third-order valence-corrected chi connectivity index (χ3v) is 3.43. The molecule has 0 radical (unpaired) electrons. The Kier molecular flexibility index (Phi) is 3.48. The van der Waals surface area contributed by atoms with Gasteiger partial charge < -0.3 is 9.66 Å². The molecule has 0 bridgehead atoms. The van der Waals surface area contributed by atoms with Crippen LogP contribution in [0.2, 0.25) is 0 Å². The highest BCUT2D eigenvalue weighted by molar-refractivity contribution is 7.79. The van der Waals surface area contributed by atoms with Gasteiger partial charge in [0.2, 0.25) is 0 Å². The first kappa shape index (κ1) is 12.5. The van der Waals surface area contributed by atoms with E-state index in [0.717, 1.165) is 0 Å². The molecule has 0 saturated heterocycles. The van der Waals surface area contributed by atoms with Crippen molar-refractivity contribution in [1.29, 1.82) is 0 Å². The number of rotatable bonds is 2. The van der Waals surface area contributed by atoms with Crippen LogP contribution in [0.3, 0.4) is 0 Å². The number of Topliss-reactive ketones (excluding diaryl/α,β-unsaturated/α-hetero) is 1. The molecule has 1 aliphatic rings. The van der Waals surface area contributed by atoms with Crippen LogP contribution >= 0.6 is 0 Å². The smallest absolute Gasteiger partial charge is 0.187 e. The van der Waals surface area contributed by atoms with Gasteiger partial charge in [0.05, 0.1) is 0 Å². The van der Waals surface area contributed by atoms with E-state index in [2.05, 4.69) is 0 Å². The molecule has 2 unspecified atom stereocenters. The van der Waals surface area contributed by atoms with Crippen molar-refractivity contribution in [2.45, 2.75) is 33.3 Å². The van der Waals surface area contributed by atoms with Crippen molar-refractivity contribution in [1.82, 2.24) is 0 Å². The van der Waals surface area contributed by atoms with Crippen LogP contribution in [0.4, 0.5) is 0 Å². The van der Waals surface area contributed by atoms with Crippen molar-refractivity contribution < 1.29 is 18.7 Å². The van der Waals surface area contributed by atoms with Gasteiger partial charge in [-0.1, -0.05) is 24.9 Å². The van der Waals surface area contributed by atoms with E-state index >= 15 is 0 Å². The summed E-state index contributed by atoms with van der Waals surface area (Å²) in [7, 11) is 0. The van der Waals surface area contributed by atoms with Crippen LogP contribution in [-0.2, 0) is 15.9 Å². The van der Waals surface area contributed by atoms with Gasteiger partial charge in [-0.05, 0) is 29.9 Å². The molecular weight excluding hydrogens is 216 g/mol. The zero-order chi connectivity index (χ0) is 11.8. The first-order valence-electron chi connectivity index (χ1n) is 4.74. The molecule has 1 N–H and O–H groups in total. The van der Waals surface area contributed by atoms with E-state index in [1.165, 1.54) is 0 Å². The molecule has 15 heavy (non-hydrogen) atoms. The zero-order valence-corrected chi connectivity index (χ0v) is 9.89. The van der Waals surface area contributed by atoms with E-state index in [-0.39, 0.29) is 18.0 Å². The Morgan fingerprint density at radius 2 is 2.13 bits per heavy atom. The summed E-state index contributed by atoms with van der Waals surface area (Å²) in [6, 6.07) is 0. The maximum Gasteiger partial charge on any atom is 0.187 e. The van der Waals surface area contributed by atoms with Crippen LogP contribution in [0.15, 0.2) is 11.1 Å². The third kappa shape index (κ3) is 2.53. The molecule has 0 aromatic rings. The van der Waals surface area contributed by atoms with Crippen LogP contribution in [-0.4, -0.2) is 31.5 Å². The van der Waals surface area contributed by atoms with Crippen molar-refractivity contribution in [3.8, 4) is 0 Å². The normalized spacial score (nSPS) is 28.1. The fraction of sp³-hybridized carbons (Fsp3) is 0.700. The Hall–Kier alpha value is -0.520. The molecule has 0 spiro atoms. The van der Waals surface area contributed by atoms with Crippen LogP contribution in [0.5, 0.6) is 0 Å². The Balaban J connectivity index is 3.15. The Morgan fingerprint density at radius 1 is 1.60 bits per heavy atom. The molecule has 0 fully saturated rings. The number of aliphatic hydroxyl groups excluding tert-OH is 1. The minimum atomic E-state index is -2.20. The molecule has 0 saturated carbocycles. The molecule has 0 aromatic heterocycles. The summed E-state index contributed by atoms with van der Waals surface area (Å²) in [5.41, 5.74) is 0.575. The van der Waals surface area contributed by atoms with E-state index in [1.807, 2.05) is 13.8 Å². The second-order valence-corrected chi connectivity index (χ2v) is 5.42. The van der Waals surface area contributed by atoms with E-state index in [0.29, 0.717) is 11.1 Å². The van der Waals surface area contributed by atoms with Crippen LogP contribution in [0.25, 0.3) is 0 Å². The molecule has 0 heterocycles. The standard InChI is InChI=1S/C10H16O4S/c1-6-7(5-15(13)14)10(2,3)4-8(11)9(6)12/h8,11H,4-5H2,1-3H3,(H,13,14)/p-1. The number of hydrogen-bond donors (Lipinski definition) is 1. The number of carbonyl (C=O) groups excluding carboxylic acids is 1. The lowest BCUT2D eigenvalue weighted by Crippen LogP contribution is -2.37. The maximum atomic E-state index is 11.5. The molecule has 0 aromatic carbocycles. The van der Waals surface area contributed by atoms with Gasteiger partial charge in [-0.3, -0.25) is 9.00 Å². The Bertz CT molecular complexity index is 343. The number of hydrogen-bond acceptors (Lipinski definition) is 4. The highest BCUT2D eigenvalue weighted by atomic mass is 32.2. The van der Waals surface area contributed by atoms with Crippen molar-refractivity contribution >= 4 is 16.9 Å². The maximum absolute atomic E-state index is 11.5. The third-order valence-electron chi connectivity index (χ3n) is 2.91. The summed E-state index contributed by atoms with van der Waals surface area (Å²) in [6.07, 6.45) is -0.709. The first-order valence-corrected chi connectivity index (χ1v) is 5.98. The monoisotopic (exact) mass is 231 g/mol. The first-order chi connectivity index (χ1) is 6.75. The Labute approximate surface area is 91.7 Å². The van der Waals surface area contributed by atoms with Crippen molar-refractivity contribution in [2.24, 2.45) is 5.41 Å². The molecule has 2 atom stereocenters. The highest BCUT2D eigenvalue weighted by Crippen LogP contribution is 2.38. The van der Waals surface area contributed by atoms with Gasteiger partial charge in [-0.25, -0.2) is 0 Å². The molecule has 0 aliphatic heterocycles. The molecular formula is C10H15O4S-. The summed E-state index contributed by atoms with van der Waals surface area (Å²) >= 11 is -2.20. The lowest BCUT2D eigenvalue weighted by Gasteiger charge is -2.36. The van der Waals surface area contributed by atoms with Gasteiger partial charge in [0.15, 0.2) is 5.78 Å². The zero-order valence-electron chi connectivity index (χ0n) is 9.07. The predicted octanol–water partition coefficient (Wildman–Crippen LogP) is 0.542.